The molecule has 3 nitrogen and oxygen atoms in total. The van der Waals surface area contributed by atoms with Crippen molar-refractivity contribution in [2.45, 2.75) is 18.9 Å². The molecule has 2 aromatic rings. The van der Waals surface area contributed by atoms with E-state index in [1.165, 1.54) is 12.1 Å². The minimum Gasteiger partial charge on any atom is -0.490 e. The number of rotatable bonds is 7. The SMILES string of the molecule is O=C(CCc1ccc(F)cc1)c1ccccc1OCC1CO1. The van der Waals surface area contributed by atoms with Crippen LogP contribution in [0.25, 0.3) is 0 Å². The molecule has 0 saturated carbocycles. The molecule has 1 unspecified atom stereocenters. The van der Waals surface area contributed by atoms with Crippen LogP contribution >= 0.6 is 0 Å². The second-order valence-corrected chi connectivity index (χ2v) is 5.31. The minimum absolute atomic E-state index is 0.0247. The number of aryl methyl sites for hydroxylation is 1. The Hall–Kier alpha value is -2.20. The Morgan fingerprint density at radius 3 is 2.64 bits per heavy atom. The van der Waals surface area contributed by atoms with Gasteiger partial charge in [-0.25, -0.2) is 4.39 Å². The highest BCUT2D eigenvalue weighted by Gasteiger charge is 2.24. The molecule has 0 amide bonds. The molecule has 0 bridgehead atoms. The minimum atomic E-state index is -0.267. The van der Waals surface area contributed by atoms with E-state index in [0.29, 0.717) is 30.8 Å². The second-order valence-electron chi connectivity index (χ2n) is 5.31. The van der Waals surface area contributed by atoms with Crippen LogP contribution in [0.15, 0.2) is 48.5 Å². The molecular formula is C18H17FO3. The molecule has 1 saturated heterocycles. The highest BCUT2D eigenvalue weighted by atomic mass is 19.1. The van der Waals surface area contributed by atoms with Gasteiger partial charge in [-0.3, -0.25) is 4.79 Å². The Kier molecular flexibility index (Phi) is 4.49. The van der Waals surface area contributed by atoms with Crippen LogP contribution in [-0.4, -0.2) is 25.1 Å². The summed E-state index contributed by atoms with van der Waals surface area (Å²) < 4.78 is 23.6. The lowest BCUT2D eigenvalue weighted by Gasteiger charge is -2.09. The number of Topliss-reactive ketones (excluding diaryl/α,β-unsaturated/α-hetero) is 1. The maximum Gasteiger partial charge on any atom is 0.166 e. The van der Waals surface area contributed by atoms with Crippen LogP contribution < -0.4 is 4.74 Å². The number of carbonyl (C=O) groups is 1. The van der Waals surface area contributed by atoms with Crippen LogP contribution in [0.4, 0.5) is 4.39 Å². The average molecular weight is 300 g/mol. The molecule has 0 spiro atoms. The van der Waals surface area contributed by atoms with Crippen molar-refractivity contribution < 1.29 is 18.7 Å². The van der Waals surface area contributed by atoms with Crippen molar-refractivity contribution in [3.8, 4) is 5.75 Å². The first-order valence-corrected chi connectivity index (χ1v) is 7.33. The number of ether oxygens (including phenoxy) is 2. The van der Waals surface area contributed by atoms with Gasteiger partial charge in [0.2, 0.25) is 0 Å². The van der Waals surface area contributed by atoms with Gasteiger partial charge >= 0.3 is 0 Å². The summed E-state index contributed by atoms with van der Waals surface area (Å²) in [4.78, 5) is 12.4. The van der Waals surface area contributed by atoms with E-state index in [-0.39, 0.29) is 17.7 Å². The fraction of sp³-hybridized carbons (Fsp3) is 0.278. The van der Waals surface area contributed by atoms with Crippen LogP contribution in [0.3, 0.4) is 0 Å². The van der Waals surface area contributed by atoms with E-state index in [1.54, 1.807) is 24.3 Å². The van der Waals surface area contributed by atoms with Gasteiger partial charge in [-0.1, -0.05) is 24.3 Å². The highest BCUT2D eigenvalue weighted by Crippen LogP contribution is 2.22. The van der Waals surface area contributed by atoms with Crippen LogP contribution in [0.1, 0.15) is 22.3 Å². The van der Waals surface area contributed by atoms with Gasteiger partial charge in [0.1, 0.15) is 24.3 Å². The second kappa shape index (κ2) is 6.71. The fourth-order valence-corrected chi connectivity index (χ4v) is 2.21. The van der Waals surface area contributed by atoms with Crippen molar-refractivity contribution >= 4 is 5.78 Å². The van der Waals surface area contributed by atoms with Crippen molar-refractivity contribution in [2.75, 3.05) is 13.2 Å². The molecule has 1 fully saturated rings. The Labute approximate surface area is 128 Å². The maximum absolute atomic E-state index is 12.9. The van der Waals surface area contributed by atoms with Crippen LogP contribution in [0.5, 0.6) is 5.75 Å². The number of para-hydroxylation sites is 1. The van der Waals surface area contributed by atoms with Gasteiger partial charge in [0.15, 0.2) is 5.78 Å². The van der Waals surface area contributed by atoms with Gasteiger partial charge < -0.3 is 9.47 Å². The average Bonchev–Trinajstić information content (AvgIpc) is 3.37. The Bertz CT molecular complexity index is 648. The molecule has 0 aliphatic carbocycles. The summed E-state index contributed by atoms with van der Waals surface area (Å²) in [5.41, 5.74) is 1.53. The van der Waals surface area contributed by atoms with Gasteiger partial charge in [0.25, 0.3) is 0 Å². The molecule has 1 heterocycles. The molecule has 0 radical (unpaired) electrons. The Morgan fingerprint density at radius 1 is 1.18 bits per heavy atom. The first-order chi connectivity index (χ1) is 10.7. The van der Waals surface area contributed by atoms with Crippen LogP contribution in [-0.2, 0) is 11.2 Å². The molecule has 22 heavy (non-hydrogen) atoms. The van der Waals surface area contributed by atoms with Crippen molar-refractivity contribution in [1.82, 2.24) is 0 Å². The molecule has 3 rings (SSSR count). The third kappa shape index (κ3) is 3.92. The first-order valence-electron chi connectivity index (χ1n) is 7.33. The molecule has 4 heteroatoms. The number of ketones is 1. The van der Waals surface area contributed by atoms with Gasteiger partial charge in [-0.2, -0.15) is 0 Å². The Balaban J connectivity index is 1.62. The molecule has 114 valence electrons. The lowest BCUT2D eigenvalue weighted by atomic mass is 10.0. The summed E-state index contributed by atoms with van der Waals surface area (Å²) in [7, 11) is 0. The maximum atomic E-state index is 12.9. The predicted molar refractivity (Wildman–Crippen MR) is 80.7 cm³/mol. The van der Waals surface area contributed by atoms with Gasteiger partial charge in [-0.05, 0) is 36.2 Å². The monoisotopic (exact) mass is 300 g/mol. The zero-order valence-electron chi connectivity index (χ0n) is 12.1. The molecular weight excluding hydrogens is 283 g/mol. The smallest absolute Gasteiger partial charge is 0.166 e. The quantitative estimate of drug-likeness (QED) is 0.581. The summed E-state index contributed by atoms with van der Waals surface area (Å²) >= 11 is 0. The number of halogens is 1. The zero-order chi connectivity index (χ0) is 15.4. The lowest BCUT2D eigenvalue weighted by molar-refractivity contribution is 0.0978. The predicted octanol–water partition coefficient (Wildman–Crippen LogP) is 3.42. The number of carbonyl (C=O) groups excluding carboxylic acids is 1. The van der Waals surface area contributed by atoms with E-state index in [0.717, 1.165) is 12.2 Å². The standard InChI is InChI=1S/C18H17FO3/c19-14-8-5-13(6-9-14)7-10-17(20)16-3-1-2-4-18(16)22-12-15-11-21-15/h1-6,8-9,15H,7,10-12H2. The third-order valence-electron chi connectivity index (χ3n) is 3.57. The van der Waals surface area contributed by atoms with Crippen LogP contribution in [0, 0.1) is 5.82 Å². The number of benzene rings is 2. The third-order valence-corrected chi connectivity index (χ3v) is 3.57. The van der Waals surface area contributed by atoms with E-state index >= 15 is 0 Å². The molecule has 1 aliphatic heterocycles. The summed E-state index contributed by atoms with van der Waals surface area (Å²) in [5, 5.41) is 0. The van der Waals surface area contributed by atoms with Gasteiger partial charge in [-0.15, -0.1) is 0 Å². The van der Waals surface area contributed by atoms with Crippen molar-refractivity contribution in [3.05, 3.63) is 65.5 Å². The summed E-state index contributed by atoms with van der Waals surface area (Å²) in [5.74, 6) is 0.356. The first kappa shape index (κ1) is 14.7. The molecule has 1 aliphatic rings. The van der Waals surface area contributed by atoms with Crippen LogP contribution in [0.2, 0.25) is 0 Å². The largest absolute Gasteiger partial charge is 0.490 e. The highest BCUT2D eigenvalue weighted by molar-refractivity contribution is 5.98. The fourth-order valence-electron chi connectivity index (χ4n) is 2.21. The zero-order valence-corrected chi connectivity index (χ0v) is 12.1. The van der Waals surface area contributed by atoms with Gasteiger partial charge in [0, 0.05) is 6.42 Å². The van der Waals surface area contributed by atoms with E-state index in [2.05, 4.69) is 0 Å². The summed E-state index contributed by atoms with van der Waals surface area (Å²) in [6.45, 7) is 1.20. The van der Waals surface area contributed by atoms with Crippen molar-refractivity contribution in [3.63, 3.8) is 0 Å². The van der Waals surface area contributed by atoms with Gasteiger partial charge in [0.05, 0.1) is 12.2 Å². The Morgan fingerprint density at radius 2 is 1.91 bits per heavy atom. The molecule has 2 aromatic carbocycles. The number of epoxide rings is 1. The van der Waals surface area contributed by atoms with Crippen molar-refractivity contribution in [2.24, 2.45) is 0 Å². The van der Waals surface area contributed by atoms with E-state index in [9.17, 15) is 9.18 Å². The van der Waals surface area contributed by atoms with E-state index < -0.39 is 0 Å². The van der Waals surface area contributed by atoms with Crippen molar-refractivity contribution in [1.29, 1.82) is 0 Å². The molecule has 1 atom stereocenters. The normalized spacial score (nSPS) is 16.3. The topological polar surface area (TPSA) is 38.8 Å². The molecule has 0 aromatic heterocycles. The summed E-state index contributed by atoms with van der Waals surface area (Å²) in [6, 6.07) is 13.5. The summed E-state index contributed by atoms with van der Waals surface area (Å²) in [6.07, 6.45) is 1.10. The lowest BCUT2D eigenvalue weighted by Crippen LogP contribution is -2.09. The number of hydrogen-bond acceptors (Lipinski definition) is 3. The van der Waals surface area contributed by atoms with E-state index in [1.807, 2.05) is 12.1 Å². The number of hydrogen-bond donors (Lipinski definition) is 0. The van der Waals surface area contributed by atoms with E-state index in [4.69, 9.17) is 9.47 Å². The molecule has 0 N–H and O–H groups in total.